The lowest BCUT2D eigenvalue weighted by molar-refractivity contribution is -0.141. The second kappa shape index (κ2) is 6.11. The third kappa shape index (κ3) is 3.14. The third-order valence-corrected chi connectivity index (χ3v) is 5.59. The van der Waals surface area contributed by atoms with Crippen molar-refractivity contribution in [3.05, 3.63) is 0 Å². The zero-order chi connectivity index (χ0) is 13.2. The topological polar surface area (TPSA) is 21.7 Å². The van der Waals surface area contributed by atoms with Gasteiger partial charge in [0.15, 0.2) is 0 Å². The number of hydrogen-bond donors (Lipinski definition) is 0. The predicted octanol–water partition coefficient (Wildman–Crippen LogP) is 3.04. The Morgan fingerprint density at radius 1 is 1.05 bits per heavy atom. The highest BCUT2D eigenvalue weighted by Crippen LogP contribution is 2.36. The van der Waals surface area contributed by atoms with Crippen molar-refractivity contribution in [2.24, 2.45) is 11.8 Å². The molecule has 1 aliphatic heterocycles. The van der Waals surface area contributed by atoms with Crippen molar-refractivity contribution in [3.63, 3.8) is 0 Å². The van der Waals surface area contributed by atoms with Gasteiger partial charge in [-0.2, -0.15) is 0 Å². The fraction of sp³-hybridized carbons (Fsp3) is 1.00. The molecule has 3 aliphatic rings. The van der Waals surface area contributed by atoms with Crippen LogP contribution in [0.4, 0.5) is 0 Å². The molecule has 0 aromatic heterocycles. The van der Waals surface area contributed by atoms with Crippen molar-refractivity contribution in [1.29, 1.82) is 0 Å². The summed E-state index contributed by atoms with van der Waals surface area (Å²) in [4.78, 5) is 2.62. The molecule has 2 saturated carbocycles. The molecule has 0 amide bonds. The van der Waals surface area contributed by atoms with Gasteiger partial charge in [0.2, 0.25) is 0 Å². The first-order valence-electron chi connectivity index (χ1n) is 8.14. The minimum absolute atomic E-state index is 0.504. The maximum Gasteiger partial charge on any atom is 0.0996 e. The van der Waals surface area contributed by atoms with Gasteiger partial charge in [-0.15, -0.1) is 0 Å². The van der Waals surface area contributed by atoms with Crippen LogP contribution in [0.3, 0.4) is 0 Å². The third-order valence-electron chi connectivity index (χ3n) is 5.59. The Bertz CT molecular complexity index is 288. The summed E-state index contributed by atoms with van der Waals surface area (Å²) in [6, 6.07) is 0.740. The van der Waals surface area contributed by atoms with Crippen LogP contribution in [0.1, 0.15) is 51.9 Å². The van der Waals surface area contributed by atoms with Crippen LogP contribution in [0.15, 0.2) is 0 Å². The number of rotatable bonds is 2. The predicted molar refractivity (Wildman–Crippen MR) is 76.0 cm³/mol. The molecule has 0 spiro atoms. The molecule has 3 unspecified atom stereocenters. The highest BCUT2D eigenvalue weighted by molar-refractivity contribution is 4.88. The number of nitrogens with zero attached hydrogens (tertiary/aromatic N) is 1. The molecular weight excluding hydrogens is 238 g/mol. The van der Waals surface area contributed by atoms with E-state index in [1.54, 1.807) is 0 Å². The van der Waals surface area contributed by atoms with Gasteiger partial charge in [-0.25, -0.2) is 0 Å². The number of hydrogen-bond acceptors (Lipinski definition) is 3. The van der Waals surface area contributed by atoms with Gasteiger partial charge in [0.1, 0.15) is 0 Å². The molecule has 19 heavy (non-hydrogen) atoms. The highest BCUT2D eigenvalue weighted by Gasteiger charge is 2.37. The minimum atomic E-state index is 0.504. The van der Waals surface area contributed by atoms with Crippen molar-refractivity contribution in [2.45, 2.75) is 70.1 Å². The van der Waals surface area contributed by atoms with Gasteiger partial charge in [-0.05, 0) is 56.8 Å². The van der Waals surface area contributed by atoms with Crippen molar-refractivity contribution < 1.29 is 9.47 Å². The Labute approximate surface area is 117 Å². The Morgan fingerprint density at radius 3 is 2.58 bits per heavy atom. The zero-order valence-corrected chi connectivity index (χ0v) is 12.5. The summed E-state index contributed by atoms with van der Waals surface area (Å²) >= 11 is 0. The molecule has 2 aliphatic carbocycles. The van der Waals surface area contributed by atoms with Gasteiger partial charge in [0, 0.05) is 19.7 Å². The van der Waals surface area contributed by atoms with Crippen LogP contribution >= 0.6 is 0 Å². The molecule has 0 bridgehead atoms. The van der Waals surface area contributed by atoms with Gasteiger partial charge >= 0.3 is 0 Å². The first-order valence-corrected chi connectivity index (χ1v) is 8.14. The van der Waals surface area contributed by atoms with Gasteiger partial charge in [0.05, 0.1) is 18.9 Å². The molecule has 1 heterocycles. The molecular formula is C16H29NO2. The molecule has 0 aromatic carbocycles. The van der Waals surface area contributed by atoms with Crippen molar-refractivity contribution in [3.8, 4) is 0 Å². The quantitative estimate of drug-likeness (QED) is 0.767. The standard InChI is InChI=1S/C16H29NO2/c1-12-3-8-16-13(9-12)10-17(11-19-16)14-4-6-15(18-2)7-5-14/h12-16H,3-11H2,1-2H3. The Kier molecular flexibility index (Phi) is 4.45. The van der Waals surface area contributed by atoms with Gasteiger partial charge in [-0.1, -0.05) is 6.92 Å². The average molecular weight is 267 g/mol. The molecule has 3 atom stereocenters. The van der Waals surface area contributed by atoms with Crippen LogP contribution in [0.25, 0.3) is 0 Å². The summed E-state index contributed by atoms with van der Waals surface area (Å²) in [5, 5.41) is 0. The van der Waals surface area contributed by atoms with Crippen LogP contribution in [0.5, 0.6) is 0 Å². The van der Waals surface area contributed by atoms with Crippen molar-refractivity contribution in [1.82, 2.24) is 4.90 Å². The Hall–Kier alpha value is -0.120. The van der Waals surface area contributed by atoms with E-state index in [1.165, 1.54) is 51.5 Å². The normalized spacial score (nSPS) is 44.8. The van der Waals surface area contributed by atoms with E-state index in [0.29, 0.717) is 12.2 Å². The number of methoxy groups -OCH3 is 1. The smallest absolute Gasteiger partial charge is 0.0996 e. The van der Waals surface area contributed by atoms with Crippen LogP contribution in [-0.4, -0.2) is 43.5 Å². The SMILES string of the molecule is COC1CCC(N2COC3CCC(C)CC3C2)CC1. The zero-order valence-electron chi connectivity index (χ0n) is 12.5. The number of ether oxygens (including phenoxy) is 2. The van der Waals surface area contributed by atoms with E-state index in [2.05, 4.69) is 11.8 Å². The first kappa shape index (κ1) is 13.8. The first-order chi connectivity index (χ1) is 9.26. The molecule has 0 aromatic rings. The fourth-order valence-electron chi connectivity index (χ4n) is 4.33. The van der Waals surface area contributed by atoms with Gasteiger partial charge in [0.25, 0.3) is 0 Å². The maximum absolute atomic E-state index is 6.14. The minimum Gasteiger partial charge on any atom is -0.381 e. The molecule has 3 nitrogen and oxygen atoms in total. The molecule has 0 radical (unpaired) electrons. The van der Waals surface area contributed by atoms with Crippen molar-refractivity contribution in [2.75, 3.05) is 20.4 Å². The Morgan fingerprint density at radius 2 is 1.84 bits per heavy atom. The lowest BCUT2D eigenvalue weighted by Gasteiger charge is -2.46. The second-order valence-electron chi connectivity index (χ2n) is 6.95. The molecule has 0 N–H and O–H groups in total. The maximum atomic E-state index is 6.14. The van der Waals surface area contributed by atoms with Crippen LogP contribution < -0.4 is 0 Å². The van der Waals surface area contributed by atoms with E-state index in [0.717, 1.165) is 24.6 Å². The van der Waals surface area contributed by atoms with E-state index in [-0.39, 0.29) is 0 Å². The summed E-state index contributed by atoms with van der Waals surface area (Å²) in [6.07, 6.45) is 10.1. The van der Waals surface area contributed by atoms with Crippen LogP contribution in [0.2, 0.25) is 0 Å². The number of fused-ring (bicyclic) bond motifs is 1. The van der Waals surface area contributed by atoms with Gasteiger partial charge < -0.3 is 9.47 Å². The highest BCUT2D eigenvalue weighted by atomic mass is 16.5. The summed E-state index contributed by atoms with van der Waals surface area (Å²) in [5.74, 6) is 1.69. The van der Waals surface area contributed by atoms with Gasteiger partial charge in [-0.3, -0.25) is 4.90 Å². The average Bonchev–Trinajstić information content (AvgIpc) is 2.46. The van der Waals surface area contributed by atoms with E-state index >= 15 is 0 Å². The van der Waals surface area contributed by atoms with Crippen LogP contribution in [-0.2, 0) is 9.47 Å². The second-order valence-corrected chi connectivity index (χ2v) is 6.95. The monoisotopic (exact) mass is 267 g/mol. The Balaban J connectivity index is 1.52. The molecule has 3 rings (SSSR count). The lowest BCUT2D eigenvalue weighted by atomic mass is 9.79. The summed E-state index contributed by atoms with van der Waals surface area (Å²) < 4.78 is 11.6. The largest absolute Gasteiger partial charge is 0.381 e. The molecule has 3 fully saturated rings. The van der Waals surface area contributed by atoms with Crippen molar-refractivity contribution >= 4 is 0 Å². The lowest BCUT2D eigenvalue weighted by Crippen LogP contribution is -2.52. The summed E-state index contributed by atoms with van der Waals surface area (Å²) in [7, 11) is 1.85. The molecule has 1 saturated heterocycles. The molecule has 110 valence electrons. The van der Waals surface area contributed by atoms with E-state index in [4.69, 9.17) is 9.47 Å². The molecule has 3 heteroatoms. The summed E-state index contributed by atoms with van der Waals surface area (Å²) in [6.45, 7) is 4.55. The van der Waals surface area contributed by atoms with E-state index < -0.39 is 0 Å². The fourth-order valence-corrected chi connectivity index (χ4v) is 4.33. The van der Waals surface area contributed by atoms with Crippen LogP contribution in [0, 0.1) is 11.8 Å². The van der Waals surface area contributed by atoms with E-state index in [1.807, 2.05) is 7.11 Å². The summed E-state index contributed by atoms with van der Waals surface area (Å²) in [5.41, 5.74) is 0. The van der Waals surface area contributed by atoms with E-state index in [9.17, 15) is 0 Å².